The number of rotatable bonds is 4. The third-order valence-corrected chi connectivity index (χ3v) is 4.34. The predicted molar refractivity (Wildman–Crippen MR) is 106 cm³/mol. The lowest BCUT2D eigenvalue weighted by Gasteiger charge is -2.12. The van der Waals surface area contributed by atoms with Crippen molar-refractivity contribution < 1.29 is 14.3 Å². The number of nitriles is 1. The van der Waals surface area contributed by atoms with Crippen molar-refractivity contribution in [1.82, 2.24) is 4.90 Å². The molecule has 0 aromatic heterocycles. The van der Waals surface area contributed by atoms with Gasteiger partial charge in [-0.1, -0.05) is 18.2 Å². The number of likely N-dealkylation sites (N-methyl/N-ethyl adjacent to an activating group) is 1. The molecule has 0 unspecified atom stereocenters. The van der Waals surface area contributed by atoms with Crippen molar-refractivity contribution >= 4 is 23.9 Å². The zero-order valence-corrected chi connectivity index (χ0v) is 15.5. The third-order valence-electron chi connectivity index (χ3n) is 4.34. The van der Waals surface area contributed by atoms with Crippen molar-refractivity contribution in [3.8, 4) is 11.8 Å². The number of amidine groups is 1. The summed E-state index contributed by atoms with van der Waals surface area (Å²) in [6.45, 7) is 3.87. The molecule has 1 aliphatic heterocycles. The topological polar surface area (TPSA) is 76.7 Å². The number of halogens is 1. The van der Waals surface area contributed by atoms with Crippen molar-refractivity contribution in [2.75, 3.05) is 6.54 Å². The van der Waals surface area contributed by atoms with Crippen LogP contribution in [0.3, 0.4) is 0 Å². The minimum atomic E-state index is -0.741. The van der Waals surface area contributed by atoms with Crippen LogP contribution >= 0.6 is 0 Å². The minimum absolute atomic E-state index is 0.200. The first-order valence-corrected chi connectivity index (χ1v) is 8.72. The molecular formula is C22H18FN3O2. The maximum absolute atomic E-state index is 13.8. The molecule has 1 amide bonds. The summed E-state index contributed by atoms with van der Waals surface area (Å²) < 4.78 is 13.8. The Morgan fingerprint density at radius 3 is 2.54 bits per heavy atom. The number of phenolic OH excluding ortho intramolecular Hbond substituents is 1. The van der Waals surface area contributed by atoms with Crippen molar-refractivity contribution in [1.29, 1.82) is 5.26 Å². The van der Waals surface area contributed by atoms with Gasteiger partial charge >= 0.3 is 0 Å². The highest BCUT2D eigenvalue weighted by molar-refractivity contribution is 6.18. The van der Waals surface area contributed by atoms with Gasteiger partial charge in [0.2, 0.25) is 0 Å². The lowest BCUT2D eigenvalue weighted by atomic mass is 10.1. The van der Waals surface area contributed by atoms with Crippen LogP contribution < -0.4 is 0 Å². The maximum Gasteiger partial charge on any atom is 0.278 e. The summed E-state index contributed by atoms with van der Waals surface area (Å²) in [5, 5.41) is 18.4. The van der Waals surface area contributed by atoms with E-state index in [4.69, 9.17) is 5.26 Å². The zero-order valence-electron chi connectivity index (χ0n) is 15.5. The minimum Gasteiger partial charge on any atom is -0.505 e. The Labute approximate surface area is 162 Å². The van der Waals surface area contributed by atoms with Crippen LogP contribution in [-0.4, -0.2) is 28.3 Å². The fraction of sp³-hybridized carbons (Fsp3) is 0.136. The van der Waals surface area contributed by atoms with E-state index in [9.17, 15) is 14.3 Å². The van der Waals surface area contributed by atoms with Crippen LogP contribution in [0.1, 0.15) is 29.2 Å². The first kappa shape index (κ1) is 19.1. The van der Waals surface area contributed by atoms with Gasteiger partial charge in [0.05, 0.1) is 11.6 Å². The molecular weight excluding hydrogens is 357 g/mol. The smallest absolute Gasteiger partial charge is 0.278 e. The number of aliphatic imine (C=N–C) groups is 1. The number of hydrogen-bond donors (Lipinski definition) is 1. The molecule has 0 saturated carbocycles. The molecule has 0 fully saturated rings. The second kappa shape index (κ2) is 7.89. The van der Waals surface area contributed by atoms with E-state index in [1.165, 1.54) is 17.0 Å². The Hall–Kier alpha value is -3.72. The van der Waals surface area contributed by atoms with Crippen LogP contribution in [0.4, 0.5) is 4.39 Å². The molecule has 6 heteroatoms. The summed E-state index contributed by atoms with van der Waals surface area (Å²) >= 11 is 0. The normalized spacial score (nSPS) is 15.4. The van der Waals surface area contributed by atoms with Gasteiger partial charge in [0.25, 0.3) is 5.91 Å². The second-order valence-corrected chi connectivity index (χ2v) is 6.28. The van der Waals surface area contributed by atoms with E-state index in [1.807, 2.05) is 13.0 Å². The van der Waals surface area contributed by atoms with Crippen molar-refractivity contribution in [2.24, 2.45) is 4.99 Å². The molecule has 1 N–H and O–H groups in total. The summed E-state index contributed by atoms with van der Waals surface area (Å²) in [7, 11) is 0. The Kier molecular flexibility index (Phi) is 5.37. The van der Waals surface area contributed by atoms with E-state index in [1.54, 1.807) is 43.3 Å². The molecule has 0 bridgehead atoms. The quantitative estimate of drug-likeness (QED) is 0.820. The number of benzene rings is 2. The second-order valence-electron chi connectivity index (χ2n) is 6.28. The molecule has 0 aliphatic carbocycles. The summed E-state index contributed by atoms with van der Waals surface area (Å²) in [5.41, 5.74) is 2.48. The summed E-state index contributed by atoms with van der Waals surface area (Å²) in [5.74, 6) is -0.925. The van der Waals surface area contributed by atoms with Crippen LogP contribution in [0.15, 0.2) is 53.2 Å². The van der Waals surface area contributed by atoms with Gasteiger partial charge in [-0.3, -0.25) is 9.69 Å². The summed E-state index contributed by atoms with van der Waals surface area (Å²) in [6, 6.07) is 11.9. The Balaban J connectivity index is 1.91. The van der Waals surface area contributed by atoms with Gasteiger partial charge in [-0.2, -0.15) is 5.26 Å². The molecule has 5 nitrogen and oxygen atoms in total. The number of aryl methyl sites for hydroxylation is 1. The Bertz CT molecular complexity index is 1040. The molecule has 28 heavy (non-hydrogen) atoms. The van der Waals surface area contributed by atoms with Crippen molar-refractivity contribution in [3.05, 3.63) is 76.2 Å². The first-order valence-electron chi connectivity index (χ1n) is 8.72. The van der Waals surface area contributed by atoms with Gasteiger partial charge in [-0.15, -0.1) is 0 Å². The fourth-order valence-electron chi connectivity index (χ4n) is 2.84. The van der Waals surface area contributed by atoms with E-state index >= 15 is 0 Å². The van der Waals surface area contributed by atoms with Crippen molar-refractivity contribution in [2.45, 2.75) is 13.8 Å². The number of nitrogens with zero attached hydrogens (tertiary/aromatic N) is 3. The van der Waals surface area contributed by atoms with Gasteiger partial charge in [-0.25, -0.2) is 9.38 Å². The summed E-state index contributed by atoms with van der Waals surface area (Å²) in [6.07, 6.45) is 5.04. The maximum atomic E-state index is 13.8. The van der Waals surface area contributed by atoms with E-state index in [2.05, 4.69) is 11.1 Å². The molecule has 2 aromatic rings. The molecule has 0 spiro atoms. The molecule has 140 valence electrons. The lowest BCUT2D eigenvalue weighted by Crippen LogP contribution is -2.30. The molecule has 1 aliphatic rings. The highest BCUT2D eigenvalue weighted by atomic mass is 19.1. The Morgan fingerprint density at radius 1 is 1.21 bits per heavy atom. The van der Waals surface area contributed by atoms with Crippen LogP contribution in [0, 0.1) is 24.1 Å². The van der Waals surface area contributed by atoms with E-state index in [0.717, 1.165) is 5.56 Å². The average molecular weight is 375 g/mol. The van der Waals surface area contributed by atoms with Gasteiger partial charge in [0.15, 0.2) is 11.6 Å². The SMILES string of the molecule is CCN1C(=O)/C(=C/c2cc(C)c(O)c(F)c2)N=C1/C=C/c1ccc(C#N)cc1. The van der Waals surface area contributed by atoms with E-state index < -0.39 is 11.6 Å². The van der Waals surface area contributed by atoms with Gasteiger partial charge in [0.1, 0.15) is 11.5 Å². The predicted octanol–water partition coefficient (Wildman–Crippen LogP) is 4.03. The van der Waals surface area contributed by atoms with E-state index in [-0.39, 0.29) is 11.6 Å². The van der Waals surface area contributed by atoms with Crippen LogP contribution in [0.25, 0.3) is 12.2 Å². The number of carbonyl (C=O) groups is 1. The fourth-order valence-corrected chi connectivity index (χ4v) is 2.84. The number of aromatic hydroxyl groups is 1. The third kappa shape index (κ3) is 3.84. The lowest BCUT2D eigenvalue weighted by molar-refractivity contribution is -0.122. The molecule has 2 aromatic carbocycles. The number of hydrogen-bond acceptors (Lipinski definition) is 4. The van der Waals surface area contributed by atoms with Crippen molar-refractivity contribution in [3.63, 3.8) is 0 Å². The highest BCUT2D eigenvalue weighted by Crippen LogP contribution is 2.25. The zero-order chi connectivity index (χ0) is 20.3. The largest absolute Gasteiger partial charge is 0.505 e. The number of phenols is 1. The van der Waals surface area contributed by atoms with Gasteiger partial charge in [0, 0.05) is 6.54 Å². The van der Waals surface area contributed by atoms with Gasteiger partial charge in [-0.05, 0) is 67.0 Å². The average Bonchev–Trinajstić information content (AvgIpc) is 2.99. The summed E-state index contributed by atoms with van der Waals surface area (Å²) in [4.78, 5) is 18.5. The number of carbonyl (C=O) groups excluding carboxylic acids is 1. The highest BCUT2D eigenvalue weighted by Gasteiger charge is 2.27. The van der Waals surface area contributed by atoms with E-state index in [0.29, 0.717) is 29.1 Å². The molecule has 0 saturated heterocycles. The first-order chi connectivity index (χ1) is 13.4. The number of amides is 1. The molecule has 0 radical (unpaired) electrons. The van der Waals surface area contributed by atoms with Crippen LogP contribution in [0.2, 0.25) is 0 Å². The molecule has 3 rings (SSSR count). The van der Waals surface area contributed by atoms with Crippen LogP contribution in [0.5, 0.6) is 5.75 Å². The monoisotopic (exact) mass is 375 g/mol. The van der Waals surface area contributed by atoms with Crippen LogP contribution in [-0.2, 0) is 4.79 Å². The molecule has 1 heterocycles. The standard InChI is InChI=1S/C22H18FN3O2/c1-3-26-20(9-8-15-4-6-16(13-24)7-5-15)25-19(22(26)28)12-17-10-14(2)21(27)18(23)11-17/h4-12,27H,3H2,1-2H3/b9-8+,19-12-. The molecule has 0 atom stereocenters. The Morgan fingerprint density at radius 2 is 1.93 bits per heavy atom. The van der Waals surface area contributed by atoms with Gasteiger partial charge < -0.3 is 5.11 Å².